The van der Waals surface area contributed by atoms with Gasteiger partial charge in [0.2, 0.25) is 0 Å². The molecule has 0 spiro atoms. The summed E-state index contributed by atoms with van der Waals surface area (Å²) in [6.07, 6.45) is 7.39. The summed E-state index contributed by atoms with van der Waals surface area (Å²) in [6, 6.07) is 0. The molecule has 0 saturated heterocycles. The molecular formula is C9H12N2. The Balaban J connectivity index is 3.03. The first-order valence-electron chi connectivity index (χ1n) is 3.54. The predicted octanol–water partition coefficient (Wildman–Crippen LogP) is 2.41. The summed E-state index contributed by atoms with van der Waals surface area (Å²) in [6.45, 7) is 7.75. The van der Waals surface area contributed by atoms with Gasteiger partial charge in [0, 0.05) is 18.6 Å². The molecule has 0 aliphatic heterocycles. The summed E-state index contributed by atoms with van der Waals surface area (Å²) in [5.41, 5.74) is 1.24. The van der Waals surface area contributed by atoms with E-state index in [0.717, 1.165) is 5.82 Å². The second-order valence-electron chi connectivity index (χ2n) is 2.60. The van der Waals surface area contributed by atoms with E-state index in [0.29, 0.717) is 0 Å². The highest BCUT2D eigenvalue weighted by atomic mass is 15.0. The smallest absolute Gasteiger partial charge is 0.136 e. The first-order valence-corrected chi connectivity index (χ1v) is 3.54. The number of rotatable bonds is 2. The average Bonchev–Trinajstić information content (AvgIpc) is 2.34. The highest BCUT2D eigenvalue weighted by molar-refractivity contribution is 5.47. The third kappa shape index (κ3) is 1.80. The molecule has 0 aliphatic rings. The molecule has 2 nitrogen and oxygen atoms in total. The molecule has 1 heterocycles. The Morgan fingerprint density at radius 2 is 2.36 bits per heavy atom. The Morgan fingerprint density at radius 3 is 2.91 bits per heavy atom. The van der Waals surface area contributed by atoms with Crippen LogP contribution in [0.4, 0.5) is 0 Å². The fourth-order valence-corrected chi connectivity index (χ4v) is 0.849. The van der Waals surface area contributed by atoms with Crippen LogP contribution in [0.15, 0.2) is 24.5 Å². The van der Waals surface area contributed by atoms with Crippen LogP contribution in [0.1, 0.15) is 19.7 Å². The van der Waals surface area contributed by atoms with Crippen molar-refractivity contribution >= 4 is 12.3 Å². The second-order valence-corrected chi connectivity index (χ2v) is 2.60. The number of allylic oxidation sites excluding steroid dienone is 1. The molecule has 1 rings (SSSR count). The molecule has 0 fully saturated rings. The second kappa shape index (κ2) is 3.19. The van der Waals surface area contributed by atoms with Gasteiger partial charge >= 0.3 is 0 Å². The summed E-state index contributed by atoms with van der Waals surface area (Å²) in [4.78, 5) is 4.14. The topological polar surface area (TPSA) is 17.8 Å². The van der Waals surface area contributed by atoms with Gasteiger partial charge in [0.15, 0.2) is 0 Å². The molecule has 11 heavy (non-hydrogen) atoms. The quantitative estimate of drug-likeness (QED) is 0.629. The fourth-order valence-electron chi connectivity index (χ4n) is 0.849. The van der Waals surface area contributed by atoms with Crippen LogP contribution in [0.5, 0.6) is 0 Å². The van der Waals surface area contributed by atoms with Crippen LogP contribution >= 0.6 is 0 Å². The Bertz CT molecular complexity index is 278. The van der Waals surface area contributed by atoms with Crippen molar-refractivity contribution in [3.8, 4) is 0 Å². The molecule has 0 saturated carbocycles. The zero-order valence-corrected chi connectivity index (χ0v) is 6.91. The van der Waals surface area contributed by atoms with Crippen molar-refractivity contribution in [1.82, 2.24) is 9.55 Å². The lowest BCUT2D eigenvalue weighted by Crippen LogP contribution is -1.87. The summed E-state index contributed by atoms with van der Waals surface area (Å²) < 4.78 is 1.88. The highest BCUT2D eigenvalue weighted by Gasteiger charge is 1.93. The summed E-state index contributed by atoms with van der Waals surface area (Å²) in [5, 5.41) is 0. The van der Waals surface area contributed by atoms with Gasteiger partial charge in [0.1, 0.15) is 5.82 Å². The normalized spacial score (nSPS) is 9.27. The van der Waals surface area contributed by atoms with Gasteiger partial charge in [-0.1, -0.05) is 12.2 Å². The summed E-state index contributed by atoms with van der Waals surface area (Å²) in [7, 11) is 0. The zero-order valence-electron chi connectivity index (χ0n) is 6.91. The molecule has 0 radical (unpaired) electrons. The van der Waals surface area contributed by atoms with Gasteiger partial charge in [-0.05, 0) is 19.9 Å². The first-order chi connectivity index (χ1) is 5.24. The van der Waals surface area contributed by atoms with Gasteiger partial charge in [0.05, 0.1) is 0 Å². The van der Waals surface area contributed by atoms with E-state index in [-0.39, 0.29) is 0 Å². The average molecular weight is 148 g/mol. The molecule has 0 aromatic carbocycles. The fraction of sp³-hybridized carbons (Fsp3) is 0.222. The zero-order chi connectivity index (χ0) is 8.27. The Hall–Kier alpha value is -1.31. The Kier molecular flexibility index (Phi) is 2.26. The Labute approximate surface area is 66.9 Å². The summed E-state index contributed by atoms with van der Waals surface area (Å²) >= 11 is 0. The monoisotopic (exact) mass is 148 g/mol. The molecule has 1 aromatic rings. The van der Waals surface area contributed by atoms with Crippen LogP contribution in [0.3, 0.4) is 0 Å². The molecule has 0 bridgehead atoms. The standard InChI is InChI=1S/C9H12N2/c1-4-11-6-5-10-9(11)7-8(2)3/h4-7H,1H2,2-3H3. The van der Waals surface area contributed by atoms with E-state index in [1.54, 1.807) is 12.4 Å². The van der Waals surface area contributed by atoms with Crippen molar-refractivity contribution < 1.29 is 0 Å². The largest absolute Gasteiger partial charge is 0.308 e. The summed E-state index contributed by atoms with van der Waals surface area (Å²) in [5.74, 6) is 0.931. The SMILES string of the molecule is C=Cn1ccnc1C=C(C)C. The lowest BCUT2D eigenvalue weighted by molar-refractivity contribution is 1.10. The maximum Gasteiger partial charge on any atom is 0.136 e. The van der Waals surface area contributed by atoms with E-state index in [4.69, 9.17) is 0 Å². The van der Waals surface area contributed by atoms with Crippen LogP contribution in [-0.2, 0) is 0 Å². The van der Waals surface area contributed by atoms with Crippen molar-refractivity contribution in [1.29, 1.82) is 0 Å². The molecule has 2 heteroatoms. The van der Waals surface area contributed by atoms with Gasteiger partial charge in [-0.2, -0.15) is 0 Å². The molecule has 1 aromatic heterocycles. The van der Waals surface area contributed by atoms with Gasteiger partial charge in [-0.25, -0.2) is 4.98 Å². The maximum absolute atomic E-state index is 4.14. The Morgan fingerprint density at radius 1 is 1.64 bits per heavy atom. The third-order valence-corrected chi connectivity index (χ3v) is 1.31. The van der Waals surface area contributed by atoms with Gasteiger partial charge in [-0.15, -0.1) is 0 Å². The van der Waals surface area contributed by atoms with Crippen molar-refractivity contribution in [3.63, 3.8) is 0 Å². The highest BCUT2D eigenvalue weighted by Crippen LogP contribution is 2.03. The number of hydrogen-bond acceptors (Lipinski definition) is 1. The number of nitrogens with zero attached hydrogens (tertiary/aromatic N) is 2. The van der Waals surface area contributed by atoms with Crippen LogP contribution in [-0.4, -0.2) is 9.55 Å². The number of hydrogen-bond donors (Lipinski definition) is 0. The number of imidazole rings is 1. The van der Waals surface area contributed by atoms with E-state index < -0.39 is 0 Å². The van der Waals surface area contributed by atoms with E-state index in [1.807, 2.05) is 30.7 Å². The maximum atomic E-state index is 4.14. The van der Waals surface area contributed by atoms with Crippen molar-refractivity contribution in [3.05, 3.63) is 30.4 Å². The molecular weight excluding hydrogens is 136 g/mol. The van der Waals surface area contributed by atoms with E-state index >= 15 is 0 Å². The first kappa shape index (κ1) is 7.79. The lowest BCUT2D eigenvalue weighted by Gasteiger charge is -1.95. The minimum Gasteiger partial charge on any atom is -0.308 e. The lowest BCUT2D eigenvalue weighted by atomic mass is 10.3. The van der Waals surface area contributed by atoms with Crippen molar-refractivity contribution in [2.75, 3.05) is 0 Å². The van der Waals surface area contributed by atoms with Crippen LogP contribution in [0, 0.1) is 0 Å². The minimum atomic E-state index is 0.931. The van der Waals surface area contributed by atoms with Gasteiger partial charge < -0.3 is 4.57 Å². The molecule has 0 N–H and O–H groups in total. The van der Waals surface area contributed by atoms with Crippen LogP contribution in [0.2, 0.25) is 0 Å². The predicted molar refractivity (Wildman–Crippen MR) is 47.9 cm³/mol. The van der Waals surface area contributed by atoms with Gasteiger partial charge in [0.25, 0.3) is 0 Å². The van der Waals surface area contributed by atoms with E-state index in [2.05, 4.69) is 11.6 Å². The van der Waals surface area contributed by atoms with Crippen molar-refractivity contribution in [2.24, 2.45) is 0 Å². The minimum absolute atomic E-state index is 0.931. The molecule has 0 aliphatic carbocycles. The third-order valence-electron chi connectivity index (χ3n) is 1.31. The van der Waals surface area contributed by atoms with Crippen LogP contribution < -0.4 is 0 Å². The molecule has 0 unspecified atom stereocenters. The van der Waals surface area contributed by atoms with Gasteiger partial charge in [-0.3, -0.25) is 0 Å². The molecule has 0 amide bonds. The van der Waals surface area contributed by atoms with E-state index in [9.17, 15) is 0 Å². The van der Waals surface area contributed by atoms with Crippen molar-refractivity contribution in [2.45, 2.75) is 13.8 Å². The molecule has 58 valence electrons. The number of aromatic nitrogens is 2. The van der Waals surface area contributed by atoms with Crippen LogP contribution in [0.25, 0.3) is 12.3 Å². The van der Waals surface area contributed by atoms with E-state index in [1.165, 1.54) is 5.57 Å². The molecule has 0 atom stereocenters.